The largest absolute Gasteiger partial charge is 0.338 e. The Morgan fingerprint density at radius 2 is 1.62 bits per heavy atom. The Morgan fingerprint density at radius 1 is 0.931 bits per heavy atom. The number of anilines is 1. The van der Waals surface area contributed by atoms with Gasteiger partial charge in [0.15, 0.2) is 0 Å². The average molecular weight is 393 g/mol. The summed E-state index contributed by atoms with van der Waals surface area (Å²) in [6, 6.07) is 14.7. The SMILES string of the molecule is CC(C)(C)N1C(=O)c2ccc(NC(=O)NCCCCc3ccccc3)cc2C1=O. The third-order valence-corrected chi connectivity index (χ3v) is 4.84. The minimum atomic E-state index is -0.599. The van der Waals surface area contributed by atoms with Crippen molar-refractivity contribution < 1.29 is 14.4 Å². The molecule has 3 rings (SSSR count). The van der Waals surface area contributed by atoms with Crippen molar-refractivity contribution in [3.63, 3.8) is 0 Å². The lowest BCUT2D eigenvalue weighted by Gasteiger charge is -2.29. The Balaban J connectivity index is 1.50. The zero-order valence-electron chi connectivity index (χ0n) is 17.1. The van der Waals surface area contributed by atoms with Crippen LogP contribution in [0.5, 0.6) is 0 Å². The molecule has 0 unspecified atom stereocenters. The average Bonchev–Trinajstić information content (AvgIpc) is 2.92. The molecular weight excluding hydrogens is 366 g/mol. The third-order valence-electron chi connectivity index (χ3n) is 4.84. The van der Waals surface area contributed by atoms with Crippen LogP contribution in [0.4, 0.5) is 10.5 Å². The van der Waals surface area contributed by atoms with Gasteiger partial charge in [-0.1, -0.05) is 30.3 Å². The Kier molecular flexibility index (Phi) is 6.01. The minimum Gasteiger partial charge on any atom is -0.338 e. The molecule has 0 aromatic heterocycles. The molecule has 0 bridgehead atoms. The van der Waals surface area contributed by atoms with Crippen LogP contribution in [0.2, 0.25) is 0 Å². The van der Waals surface area contributed by atoms with E-state index < -0.39 is 5.54 Å². The van der Waals surface area contributed by atoms with Crippen LogP contribution in [-0.2, 0) is 6.42 Å². The van der Waals surface area contributed by atoms with Crippen LogP contribution in [0.25, 0.3) is 0 Å². The van der Waals surface area contributed by atoms with Crippen LogP contribution in [-0.4, -0.2) is 34.8 Å². The van der Waals surface area contributed by atoms with E-state index in [1.165, 1.54) is 10.5 Å². The summed E-state index contributed by atoms with van der Waals surface area (Å²) in [5.74, 6) is -0.630. The van der Waals surface area contributed by atoms with E-state index in [0.717, 1.165) is 19.3 Å². The van der Waals surface area contributed by atoms with Gasteiger partial charge in [-0.25, -0.2) is 4.79 Å². The van der Waals surface area contributed by atoms with E-state index in [-0.39, 0.29) is 17.8 Å². The molecule has 2 aromatic carbocycles. The molecule has 29 heavy (non-hydrogen) atoms. The number of rotatable bonds is 6. The van der Waals surface area contributed by atoms with Crippen LogP contribution < -0.4 is 10.6 Å². The summed E-state index contributed by atoms with van der Waals surface area (Å²) >= 11 is 0. The van der Waals surface area contributed by atoms with E-state index in [1.54, 1.807) is 18.2 Å². The summed E-state index contributed by atoms with van der Waals surface area (Å²) in [6.45, 7) is 6.02. The van der Waals surface area contributed by atoms with E-state index in [9.17, 15) is 14.4 Å². The van der Waals surface area contributed by atoms with Crippen molar-refractivity contribution in [2.75, 3.05) is 11.9 Å². The van der Waals surface area contributed by atoms with Crippen molar-refractivity contribution in [3.8, 4) is 0 Å². The normalized spacial score (nSPS) is 13.4. The van der Waals surface area contributed by atoms with Crippen molar-refractivity contribution in [1.82, 2.24) is 10.2 Å². The lowest BCUT2D eigenvalue weighted by molar-refractivity contribution is 0.0507. The number of nitrogens with zero attached hydrogens (tertiary/aromatic N) is 1. The van der Waals surface area contributed by atoms with Gasteiger partial charge < -0.3 is 10.6 Å². The number of benzene rings is 2. The second kappa shape index (κ2) is 8.47. The molecule has 0 saturated carbocycles. The standard InChI is InChI=1S/C23H27N3O3/c1-23(2,3)26-20(27)18-13-12-17(15-19(18)21(26)28)25-22(29)24-14-8-7-11-16-9-5-4-6-10-16/h4-6,9-10,12-13,15H,7-8,11,14H2,1-3H3,(H2,24,25,29). The number of carbonyl (C=O) groups excluding carboxylic acids is 3. The van der Waals surface area contributed by atoms with Gasteiger partial charge in [-0.15, -0.1) is 0 Å². The van der Waals surface area contributed by atoms with Crippen molar-refractivity contribution in [3.05, 3.63) is 65.2 Å². The maximum Gasteiger partial charge on any atom is 0.319 e. The van der Waals surface area contributed by atoms with Gasteiger partial charge in [-0.3, -0.25) is 14.5 Å². The molecule has 4 amide bonds. The molecule has 1 aliphatic rings. The van der Waals surface area contributed by atoms with Crippen LogP contribution in [0.1, 0.15) is 59.9 Å². The maximum absolute atomic E-state index is 12.6. The van der Waals surface area contributed by atoms with E-state index in [2.05, 4.69) is 22.8 Å². The van der Waals surface area contributed by atoms with Gasteiger partial charge in [0.05, 0.1) is 11.1 Å². The number of fused-ring (bicyclic) bond motifs is 1. The molecule has 152 valence electrons. The van der Waals surface area contributed by atoms with Gasteiger partial charge in [-0.05, 0) is 63.8 Å². The smallest absolute Gasteiger partial charge is 0.319 e. The Labute approximate surface area is 171 Å². The first-order chi connectivity index (χ1) is 13.8. The maximum atomic E-state index is 12.6. The van der Waals surface area contributed by atoms with Crippen molar-refractivity contribution >= 4 is 23.5 Å². The zero-order chi connectivity index (χ0) is 21.0. The number of carbonyl (C=O) groups is 3. The number of amides is 4. The highest BCUT2D eigenvalue weighted by atomic mass is 16.2. The number of aryl methyl sites for hydroxylation is 1. The predicted octanol–water partition coefficient (Wildman–Crippen LogP) is 4.23. The van der Waals surface area contributed by atoms with Gasteiger partial charge in [0.25, 0.3) is 11.8 Å². The second-order valence-corrected chi connectivity index (χ2v) is 8.20. The fourth-order valence-corrected chi connectivity index (χ4v) is 3.40. The molecule has 2 aromatic rings. The van der Waals surface area contributed by atoms with Crippen LogP contribution >= 0.6 is 0 Å². The van der Waals surface area contributed by atoms with Crippen LogP contribution in [0.3, 0.4) is 0 Å². The summed E-state index contributed by atoms with van der Waals surface area (Å²) in [5, 5.41) is 5.56. The van der Waals surface area contributed by atoms with Gasteiger partial charge in [0, 0.05) is 17.8 Å². The number of urea groups is 1. The summed E-state index contributed by atoms with van der Waals surface area (Å²) in [7, 11) is 0. The molecule has 1 heterocycles. The molecule has 0 radical (unpaired) electrons. The first-order valence-corrected chi connectivity index (χ1v) is 9.89. The number of hydrogen-bond donors (Lipinski definition) is 2. The highest BCUT2D eigenvalue weighted by molar-refractivity contribution is 6.22. The molecule has 6 nitrogen and oxygen atoms in total. The monoisotopic (exact) mass is 393 g/mol. The van der Waals surface area contributed by atoms with Crippen molar-refractivity contribution in [2.24, 2.45) is 0 Å². The number of nitrogens with one attached hydrogen (secondary N) is 2. The molecule has 6 heteroatoms. The van der Waals surface area contributed by atoms with Gasteiger partial charge in [0.1, 0.15) is 0 Å². The van der Waals surface area contributed by atoms with E-state index in [0.29, 0.717) is 23.4 Å². The number of hydrogen-bond acceptors (Lipinski definition) is 3. The number of imide groups is 1. The second-order valence-electron chi connectivity index (χ2n) is 8.20. The van der Waals surface area contributed by atoms with Crippen LogP contribution in [0.15, 0.2) is 48.5 Å². The fraction of sp³-hybridized carbons (Fsp3) is 0.348. The lowest BCUT2D eigenvalue weighted by atomic mass is 10.1. The minimum absolute atomic E-state index is 0.299. The topological polar surface area (TPSA) is 78.5 Å². The Hall–Kier alpha value is -3.15. The summed E-state index contributed by atoms with van der Waals surface area (Å²) in [5.41, 5.74) is 1.88. The summed E-state index contributed by atoms with van der Waals surface area (Å²) < 4.78 is 0. The van der Waals surface area contributed by atoms with Crippen molar-refractivity contribution in [1.29, 1.82) is 0 Å². The molecule has 0 spiro atoms. The molecule has 0 atom stereocenters. The third kappa shape index (κ3) is 4.83. The Morgan fingerprint density at radius 3 is 2.31 bits per heavy atom. The molecular formula is C23H27N3O3. The van der Waals surface area contributed by atoms with E-state index in [1.807, 2.05) is 39.0 Å². The molecule has 0 aliphatic carbocycles. The lowest BCUT2D eigenvalue weighted by Crippen LogP contribution is -2.45. The molecule has 0 saturated heterocycles. The molecule has 2 N–H and O–H groups in total. The number of unbranched alkanes of at least 4 members (excludes halogenated alkanes) is 1. The van der Waals surface area contributed by atoms with Crippen molar-refractivity contribution in [2.45, 2.75) is 45.6 Å². The Bertz CT molecular complexity index is 917. The highest BCUT2D eigenvalue weighted by Gasteiger charge is 2.41. The van der Waals surface area contributed by atoms with E-state index >= 15 is 0 Å². The highest BCUT2D eigenvalue weighted by Crippen LogP contribution is 2.30. The van der Waals surface area contributed by atoms with Gasteiger partial charge >= 0.3 is 6.03 Å². The zero-order valence-corrected chi connectivity index (χ0v) is 17.1. The van der Waals surface area contributed by atoms with Crippen LogP contribution in [0, 0.1) is 0 Å². The van der Waals surface area contributed by atoms with Gasteiger partial charge in [0.2, 0.25) is 0 Å². The fourth-order valence-electron chi connectivity index (χ4n) is 3.40. The molecule has 1 aliphatic heterocycles. The quantitative estimate of drug-likeness (QED) is 0.570. The predicted molar refractivity (Wildman–Crippen MR) is 113 cm³/mol. The first kappa shape index (κ1) is 20.6. The summed E-state index contributed by atoms with van der Waals surface area (Å²) in [6.07, 6.45) is 2.85. The first-order valence-electron chi connectivity index (χ1n) is 9.89. The summed E-state index contributed by atoms with van der Waals surface area (Å²) in [4.78, 5) is 38.5. The van der Waals surface area contributed by atoms with Gasteiger partial charge in [-0.2, -0.15) is 0 Å². The van der Waals surface area contributed by atoms with E-state index in [4.69, 9.17) is 0 Å². The molecule has 0 fully saturated rings.